The number of thioether (sulfide) groups is 1. The molecule has 0 spiro atoms. The van der Waals surface area contributed by atoms with Crippen LogP contribution >= 0.6 is 35.7 Å². The highest BCUT2D eigenvalue weighted by Gasteiger charge is 2.16. The average Bonchev–Trinajstić information content (AvgIpc) is 2.67. The van der Waals surface area contributed by atoms with Gasteiger partial charge >= 0.3 is 0 Å². The standard InChI is InChI=1S/C20H36N4O2S.HI/c1-7-21-20(22-12-8-9-13-27-6)23-15-17(24(2)3)16-10-11-18(25-4)19(14-16)26-5;/h10-11,14,17H,7-9,12-13,15H2,1-6H3,(H2,21,22,23);1H. The number of aliphatic imine (C=N–C) groups is 1. The second kappa shape index (κ2) is 16.0. The third-order valence-electron chi connectivity index (χ3n) is 4.25. The van der Waals surface area contributed by atoms with Crippen LogP contribution in [0.1, 0.15) is 31.4 Å². The number of halogens is 1. The Morgan fingerprint density at radius 3 is 2.43 bits per heavy atom. The first-order valence-corrected chi connectivity index (χ1v) is 10.9. The number of benzene rings is 1. The van der Waals surface area contributed by atoms with Crippen LogP contribution in [0.25, 0.3) is 0 Å². The summed E-state index contributed by atoms with van der Waals surface area (Å²) in [5, 5.41) is 6.76. The van der Waals surface area contributed by atoms with Crippen molar-refractivity contribution in [2.45, 2.75) is 25.8 Å². The van der Waals surface area contributed by atoms with Crippen molar-refractivity contribution in [3.63, 3.8) is 0 Å². The van der Waals surface area contributed by atoms with Gasteiger partial charge in [0.1, 0.15) is 0 Å². The molecule has 0 saturated carbocycles. The van der Waals surface area contributed by atoms with E-state index >= 15 is 0 Å². The van der Waals surface area contributed by atoms with Crippen LogP contribution in [0.2, 0.25) is 0 Å². The number of ether oxygens (including phenoxy) is 2. The normalized spacial score (nSPS) is 12.3. The average molecular weight is 525 g/mol. The second-order valence-electron chi connectivity index (χ2n) is 6.44. The number of nitrogens with one attached hydrogen (secondary N) is 2. The maximum atomic E-state index is 5.45. The van der Waals surface area contributed by atoms with Crippen LogP contribution in [0.15, 0.2) is 23.2 Å². The molecule has 6 nitrogen and oxygen atoms in total. The van der Waals surface area contributed by atoms with Crippen LogP contribution in [0.3, 0.4) is 0 Å². The summed E-state index contributed by atoms with van der Waals surface area (Å²) in [6.45, 7) is 4.53. The van der Waals surface area contributed by atoms with Gasteiger partial charge in [0.2, 0.25) is 0 Å². The van der Waals surface area contributed by atoms with Crippen molar-refractivity contribution >= 4 is 41.7 Å². The highest BCUT2D eigenvalue weighted by Crippen LogP contribution is 2.31. The smallest absolute Gasteiger partial charge is 0.191 e. The minimum Gasteiger partial charge on any atom is -0.493 e. The highest BCUT2D eigenvalue weighted by atomic mass is 127. The Labute approximate surface area is 192 Å². The number of likely N-dealkylation sites (N-methyl/N-ethyl adjacent to an activating group) is 1. The molecule has 1 rings (SSSR count). The molecule has 2 N–H and O–H groups in total. The molecule has 0 bridgehead atoms. The van der Waals surface area contributed by atoms with Crippen LogP contribution < -0.4 is 20.1 Å². The van der Waals surface area contributed by atoms with Crippen molar-refractivity contribution in [3.8, 4) is 11.5 Å². The first-order valence-electron chi connectivity index (χ1n) is 9.46. The third kappa shape index (κ3) is 9.56. The topological polar surface area (TPSA) is 58.1 Å². The Balaban J connectivity index is 0.00000729. The molecule has 0 aliphatic heterocycles. The number of guanidine groups is 1. The van der Waals surface area contributed by atoms with Gasteiger partial charge in [-0.3, -0.25) is 4.99 Å². The van der Waals surface area contributed by atoms with Gasteiger partial charge in [0.25, 0.3) is 0 Å². The van der Waals surface area contributed by atoms with E-state index in [9.17, 15) is 0 Å². The van der Waals surface area contributed by atoms with Gasteiger partial charge in [-0.2, -0.15) is 11.8 Å². The summed E-state index contributed by atoms with van der Waals surface area (Å²) in [5.41, 5.74) is 1.15. The summed E-state index contributed by atoms with van der Waals surface area (Å²) in [5.74, 6) is 3.55. The molecular formula is C20H37IN4O2S. The zero-order valence-electron chi connectivity index (χ0n) is 18.1. The summed E-state index contributed by atoms with van der Waals surface area (Å²) in [6.07, 6.45) is 4.52. The lowest BCUT2D eigenvalue weighted by molar-refractivity contribution is 0.303. The summed E-state index contributed by atoms with van der Waals surface area (Å²) in [6, 6.07) is 6.20. The molecule has 162 valence electrons. The number of nitrogens with zero attached hydrogens (tertiary/aromatic N) is 2. The molecule has 28 heavy (non-hydrogen) atoms. The van der Waals surface area contributed by atoms with Crippen LogP contribution in [-0.2, 0) is 0 Å². The summed E-state index contributed by atoms with van der Waals surface area (Å²) < 4.78 is 10.8. The molecule has 0 heterocycles. The maximum Gasteiger partial charge on any atom is 0.191 e. The van der Waals surface area contributed by atoms with Gasteiger partial charge in [0, 0.05) is 13.1 Å². The Kier molecular flexibility index (Phi) is 15.5. The fourth-order valence-electron chi connectivity index (χ4n) is 2.72. The van der Waals surface area contributed by atoms with Gasteiger partial charge in [-0.05, 0) is 63.6 Å². The van der Waals surface area contributed by atoms with E-state index in [1.165, 1.54) is 12.2 Å². The molecule has 0 aromatic heterocycles. The zero-order chi connectivity index (χ0) is 20.1. The first-order chi connectivity index (χ1) is 13.1. The quantitative estimate of drug-likeness (QED) is 0.189. The molecule has 0 aliphatic carbocycles. The number of unbranched alkanes of at least 4 members (excludes halogenated alkanes) is 1. The molecule has 0 saturated heterocycles. The summed E-state index contributed by atoms with van der Waals surface area (Å²) in [4.78, 5) is 6.98. The van der Waals surface area contributed by atoms with Crippen molar-refractivity contribution in [2.24, 2.45) is 4.99 Å². The van der Waals surface area contributed by atoms with Gasteiger partial charge in [0.05, 0.1) is 26.8 Å². The third-order valence-corrected chi connectivity index (χ3v) is 4.95. The Hall–Kier alpha value is -0.870. The van der Waals surface area contributed by atoms with E-state index in [-0.39, 0.29) is 30.0 Å². The van der Waals surface area contributed by atoms with Gasteiger partial charge in [-0.1, -0.05) is 6.07 Å². The van der Waals surface area contributed by atoms with E-state index in [4.69, 9.17) is 14.5 Å². The van der Waals surface area contributed by atoms with Gasteiger partial charge < -0.3 is 25.0 Å². The lowest BCUT2D eigenvalue weighted by atomic mass is 10.1. The van der Waals surface area contributed by atoms with Crippen LogP contribution in [-0.4, -0.2) is 70.8 Å². The van der Waals surface area contributed by atoms with E-state index in [1.54, 1.807) is 14.2 Å². The summed E-state index contributed by atoms with van der Waals surface area (Å²) >= 11 is 1.89. The second-order valence-corrected chi connectivity index (χ2v) is 7.43. The molecule has 0 fully saturated rings. The van der Waals surface area contributed by atoms with Crippen LogP contribution in [0, 0.1) is 0 Å². The number of hydrogen-bond donors (Lipinski definition) is 2. The molecule has 0 radical (unpaired) electrons. The Bertz CT molecular complexity index is 573. The van der Waals surface area contributed by atoms with Crippen LogP contribution in [0.4, 0.5) is 0 Å². The van der Waals surface area contributed by atoms with Crippen molar-refractivity contribution in [3.05, 3.63) is 23.8 Å². The predicted octanol–water partition coefficient (Wildman–Crippen LogP) is 3.62. The summed E-state index contributed by atoms with van der Waals surface area (Å²) in [7, 11) is 7.45. The minimum atomic E-state index is 0. The lowest BCUT2D eigenvalue weighted by Crippen LogP contribution is -2.38. The Morgan fingerprint density at radius 1 is 1.14 bits per heavy atom. The van der Waals surface area contributed by atoms with E-state index in [0.29, 0.717) is 6.54 Å². The molecular weight excluding hydrogens is 487 g/mol. The monoisotopic (exact) mass is 524 g/mol. The number of methoxy groups -OCH3 is 2. The molecule has 0 aliphatic rings. The fourth-order valence-corrected chi connectivity index (χ4v) is 3.22. The van der Waals surface area contributed by atoms with E-state index < -0.39 is 0 Å². The molecule has 1 atom stereocenters. The molecule has 1 unspecified atom stereocenters. The molecule has 1 aromatic carbocycles. The predicted molar refractivity (Wildman–Crippen MR) is 133 cm³/mol. The van der Waals surface area contributed by atoms with Crippen molar-refractivity contribution in [2.75, 3.05) is 60.0 Å². The van der Waals surface area contributed by atoms with Gasteiger partial charge in [-0.15, -0.1) is 24.0 Å². The van der Waals surface area contributed by atoms with Gasteiger partial charge in [0.15, 0.2) is 17.5 Å². The highest BCUT2D eigenvalue weighted by molar-refractivity contribution is 14.0. The maximum absolute atomic E-state index is 5.45. The largest absolute Gasteiger partial charge is 0.493 e. The van der Waals surface area contributed by atoms with Gasteiger partial charge in [-0.25, -0.2) is 0 Å². The first kappa shape index (κ1) is 27.1. The zero-order valence-corrected chi connectivity index (χ0v) is 21.2. The van der Waals surface area contributed by atoms with Crippen molar-refractivity contribution in [1.82, 2.24) is 15.5 Å². The molecule has 0 amide bonds. The van der Waals surface area contributed by atoms with E-state index in [2.05, 4.69) is 48.9 Å². The van der Waals surface area contributed by atoms with Crippen LogP contribution in [0.5, 0.6) is 11.5 Å². The van der Waals surface area contributed by atoms with E-state index in [0.717, 1.165) is 42.5 Å². The number of rotatable bonds is 12. The van der Waals surface area contributed by atoms with E-state index in [1.807, 2.05) is 23.9 Å². The SMILES string of the molecule is CCNC(=NCC(c1ccc(OC)c(OC)c1)N(C)C)NCCCCSC.I. The molecule has 8 heteroatoms. The number of hydrogen-bond acceptors (Lipinski definition) is 5. The Morgan fingerprint density at radius 2 is 1.86 bits per heavy atom. The molecule has 1 aromatic rings. The fraction of sp³-hybridized carbons (Fsp3) is 0.650. The lowest BCUT2D eigenvalue weighted by Gasteiger charge is -2.24. The van der Waals surface area contributed by atoms with Crippen molar-refractivity contribution in [1.29, 1.82) is 0 Å². The minimum absolute atomic E-state index is 0. The van der Waals surface area contributed by atoms with Crippen molar-refractivity contribution < 1.29 is 9.47 Å².